The maximum Gasteiger partial charge on any atom is 0.269 e. The molecule has 0 radical (unpaired) electrons. The van der Waals surface area contributed by atoms with Gasteiger partial charge in [-0.2, -0.15) is 0 Å². The number of nitrogens with zero attached hydrogens (tertiary/aromatic N) is 1. The van der Waals surface area contributed by atoms with Crippen LogP contribution < -0.4 is 0 Å². The minimum atomic E-state index is -3.39. The maximum absolute atomic E-state index is 12.3. The Labute approximate surface area is 120 Å². The topological polar surface area (TPSA) is 77.3 Å². The summed E-state index contributed by atoms with van der Waals surface area (Å²) in [7, 11) is -3.39. The highest BCUT2D eigenvalue weighted by Gasteiger charge is 2.23. The van der Waals surface area contributed by atoms with Crippen molar-refractivity contribution < 1.29 is 13.3 Å². The Balaban J connectivity index is 2.74. The average molecular weight is 299 g/mol. The van der Waals surface area contributed by atoms with Crippen molar-refractivity contribution >= 4 is 15.5 Å². The molecule has 1 aromatic rings. The summed E-state index contributed by atoms with van der Waals surface area (Å²) >= 11 is 0. The Hall–Kier alpha value is -1.43. The molecule has 0 aliphatic rings. The largest absolute Gasteiger partial charge is 0.269 e. The lowest BCUT2D eigenvalue weighted by atomic mass is 10.1. The Morgan fingerprint density at radius 1 is 1.15 bits per heavy atom. The second kappa shape index (κ2) is 7.38. The SMILES string of the molecule is CCCCCCC(C)S(=O)(=O)c1ccc([N+](=O)[O-])cc1. The summed E-state index contributed by atoms with van der Waals surface area (Å²) in [6, 6.07) is 5.10. The van der Waals surface area contributed by atoms with Gasteiger partial charge in [-0.3, -0.25) is 10.1 Å². The number of unbranched alkanes of at least 4 members (excludes halogenated alkanes) is 3. The second-order valence-electron chi connectivity index (χ2n) is 4.96. The van der Waals surface area contributed by atoms with E-state index in [1.54, 1.807) is 6.92 Å². The van der Waals surface area contributed by atoms with Crippen LogP contribution >= 0.6 is 0 Å². The molecule has 20 heavy (non-hydrogen) atoms. The van der Waals surface area contributed by atoms with Crippen LogP contribution in [0.1, 0.15) is 46.0 Å². The zero-order valence-corrected chi connectivity index (χ0v) is 12.7. The summed E-state index contributed by atoms with van der Waals surface area (Å²) in [5.74, 6) is 0. The average Bonchev–Trinajstić information content (AvgIpc) is 2.43. The number of nitro benzene ring substituents is 1. The fourth-order valence-corrected chi connectivity index (χ4v) is 3.46. The normalized spacial score (nSPS) is 13.1. The van der Waals surface area contributed by atoms with Gasteiger partial charge in [0.25, 0.3) is 5.69 Å². The van der Waals surface area contributed by atoms with E-state index in [4.69, 9.17) is 0 Å². The molecule has 0 spiro atoms. The van der Waals surface area contributed by atoms with E-state index in [9.17, 15) is 18.5 Å². The molecular weight excluding hydrogens is 278 g/mol. The van der Waals surface area contributed by atoms with Crippen LogP contribution in [0.4, 0.5) is 5.69 Å². The molecule has 0 aromatic heterocycles. The van der Waals surface area contributed by atoms with Gasteiger partial charge in [0.1, 0.15) is 0 Å². The Morgan fingerprint density at radius 2 is 1.75 bits per heavy atom. The van der Waals surface area contributed by atoms with Gasteiger partial charge >= 0.3 is 0 Å². The van der Waals surface area contributed by atoms with Gasteiger partial charge in [0.2, 0.25) is 0 Å². The molecule has 112 valence electrons. The highest BCUT2D eigenvalue weighted by atomic mass is 32.2. The van der Waals surface area contributed by atoms with Gasteiger partial charge in [0.15, 0.2) is 9.84 Å². The van der Waals surface area contributed by atoms with Crippen LogP contribution in [0.2, 0.25) is 0 Å². The van der Waals surface area contributed by atoms with Gasteiger partial charge < -0.3 is 0 Å². The number of non-ortho nitro benzene ring substituents is 1. The lowest BCUT2D eigenvalue weighted by molar-refractivity contribution is -0.384. The first-order valence-electron chi connectivity index (χ1n) is 6.88. The maximum atomic E-state index is 12.3. The Morgan fingerprint density at radius 3 is 2.25 bits per heavy atom. The van der Waals surface area contributed by atoms with Gasteiger partial charge in [0.05, 0.1) is 15.1 Å². The molecule has 1 aromatic carbocycles. The summed E-state index contributed by atoms with van der Waals surface area (Å²) in [6.07, 6.45) is 4.78. The quantitative estimate of drug-likeness (QED) is 0.416. The van der Waals surface area contributed by atoms with Crippen molar-refractivity contribution in [3.8, 4) is 0 Å². The van der Waals surface area contributed by atoms with Crippen LogP contribution in [0.3, 0.4) is 0 Å². The third kappa shape index (κ3) is 4.30. The molecule has 0 bridgehead atoms. The summed E-state index contributed by atoms with van der Waals surface area (Å²) in [5.41, 5.74) is -0.0976. The molecule has 6 heteroatoms. The van der Waals surface area contributed by atoms with Crippen LogP contribution in [0, 0.1) is 10.1 Å². The Kier molecular flexibility index (Phi) is 6.13. The van der Waals surface area contributed by atoms with Crippen LogP contribution in [0.25, 0.3) is 0 Å². The van der Waals surface area contributed by atoms with Crippen molar-refractivity contribution in [1.82, 2.24) is 0 Å². The van der Waals surface area contributed by atoms with Crippen molar-refractivity contribution in [3.63, 3.8) is 0 Å². The van der Waals surface area contributed by atoms with Gasteiger partial charge in [-0.1, -0.05) is 32.6 Å². The number of benzene rings is 1. The van der Waals surface area contributed by atoms with E-state index >= 15 is 0 Å². The first-order valence-corrected chi connectivity index (χ1v) is 8.42. The van der Waals surface area contributed by atoms with Gasteiger partial charge in [0, 0.05) is 12.1 Å². The van der Waals surface area contributed by atoms with E-state index in [1.165, 1.54) is 24.3 Å². The molecule has 1 rings (SSSR count). The fourth-order valence-electron chi connectivity index (χ4n) is 2.00. The number of sulfone groups is 1. The van der Waals surface area contributed by atoms with Crippen LogP contribution in [-0.2, 0) is 9.84 Å². The summed E-state index contributed by atoms with van der Waals surface area (Å²) in [4.78, 5) is 10.2. The molecule has 0 saturated heterocycles. The van der Waals surface area contributed by atoms with Gasteiger partial charge in [-0.05, 0) is 25.5 Å². The first-order chi connectivity index (χ1) is 9.39. The van der Waals surface area contributed by atoms with E-state index in [2.05, 4.69) is 6.92 Å². The van der Waals surface area contributed by atoms with E-state index in [1.807, 2.05) is 0 Å². The number of nitro groups is 1. The fraction of sp³-hybridized carbons (Fsp3) is 0.571. The van der Waals surface area contributed by atoms with E-state index in [-0.39, 0.29) is 10.6 Å². The third-order valence-corrected chi connectivity index (χ3v) is 5.59. The predicted octanol–water partition coefficient (Wildman–Crippen LogP) is 3.73. The number of hydrogen-bond acceptors (Lipinski definition) is 4. The van der Waals surface area contributed by atoms with E-state index in [0.717, 1.165) is 25.7 Å². The van der Waals surface area contributed by atoms with E-state index < -0.39 is 20.0 Å². The summed E-state index contributed by atoms with van der Waals surface area (Å²) < 4.78 is 24.6. The Bertz CT molecular complexity index is 537. The highest BCUT2D eigenvalue weighted by Crippen LogP contribution is 2.22. The zero-order chi connectivity index (χ0) is 15.2. The van der Waals surface area contributed by atoms with Crippen molar-refractivity contribution in [2.75, 3.05) is 0 Å². The number of rotatable bonds is 8. The molecule has 0 aliphatic carbocycles. The molecule has 0 N–H and O–H groups in total. The van der Waals surface area contributed by atoms with Crippen LogP contribution in [-0.4, -0.2) is 18.6 Å². The zero-order valence-electron chi connectivity index (χ0n) is 11.9. The molecule has 1 unspecified atom stereocenters. The van der Waals surface area contributed by atoms with Crippen molar-refractivity contribution in [2.45, 2.75) is 56.1 Å². The predicted molar refractivity (Wildman–Crippen MR) is 78.5 cm³/mol. The van der Waals surface area contributed by atoms with Gasteiger partial charge in [-0.15, -0.1) is 0 Å². The molecule has 0 amide bonds. The molecule has 1 atom stereocenters. The highest BCUT2D eigenvalue weighted by molar-refractivity contribution is 7.92. The standard InChI is InChI=1S/C14H21NO4S/c1-3-4-5-6-7-12(2)20(18,19)14-10-8-13(9-11-14)15(16)17/h8-12H,3-7H2,1-2H3. The third-order valence-electron chi connectivity index (χ3n) is 3.37. The molecule has 0 heterocycles. The lowest BCUT2D eigenvalue weighted by Gasteiger charge is -2.12. The first kappa shape index (κ1) is 16.6. The van der Waals surface area contributed by atoms with E-state index in [0.29, 0.717) is 6.42 Å². The molecule has 0 saturated carbocycles. The summed E-state index contributed by atoms with van der Waals surface area (Å²) in [5, 5.41) is 10.1. The van der Waals surface area contributed by atoms with Crippen LogP contribution in [0.5, 0.6) is 0 Å². The number of hydrogen-bond donors (Lipinski definition) is 0. The monoisotopic (exact) mass is 299 g/mol. The molecule has 0 fully saturated rings. The minimum Gasteiger partial charge on any atom is -0.258 e. The smallest absolute Gasteiger partial charge is 0.258 e. The van der Waals surface area contributed by atoms with Crippen molar-refractivity contribution in [2.24, 2.45) is 0 Å². The van der Waals surface area contributed by atoms with Crippen LogP contribution in [0.15, 0.2) is 29.2 Å². The van der Waals surface area contributed by atoms with Gasteiger partial charge in [-0.25, -0.2) is 8.42 Å². The lowest BCUT2D eigenvalue weighted by Crippen LogP contribution is -2.18. The second-order valence-corrected chi connectivity index (χ2v) is 7.32. The minimum absolute atomic E-state index is 0.0976. The summed E-state index contributed by atoms with van der Waals surface area (Å²) in [6.45, 7) is 3.81. The molecule has 0 aliphatic heterocycles. The van der Waals surface area contributed by atoms with Crippen molar-refractivity contribution in [1.29, 1.82) is 0 Å². The molecular formula is C14H21NO4S. The molecule has 5 nitrogen and oxygen atoms in total. The van der Waals surface area contributed by atoms with Crippen molar-refractivity contribution in [3.05, 3.63) is 34.4 Å².